The van der Waals surface area contributed by atoms with E-state index in [1.807, 2.05) is 0 Å². The van der Waals surface area contributed by atoms with Gasteiger partial charge in [-0.1, -0.05) is 37.8 Å². The highest BCUT2D eigenvalue weighted by molar-refractivity contribution is 5.69. The molecule has 0 aromatic heterocycles. The van der Waals surface area contributed by atoms with Gasteiger partial charge in [-0.15, -0.1) is 0 Å². The minimum absolute atomic E-state index is 0.00474. The Morgan fingerprint density at radius 1 is 0.565 bits per heavy atom. The second-order valence-corrected chi connectivity index (χ2v) is 16.4. The number of esters is 2. The van der Waals surface area contributed by atoms with Gasteiger partial charge < -0.3 is 20.9 Å². The van der Waals surface area contributed by atoms with E-state index in [-0.39, 0.29) is 46.3 Å². The Kier molecular flexibility index (Phi) is 18.6. The third-order valence-corrected chi connectivity index (χ3v) is 10.5. The number of ether oxygens (including phenoxy) is 2. The molecule has 8 nitrogen and oxygen atoms in total. The maximum atomic E-state index is 12.4. The van der Waals surface area contributed by atoms with E-state index in [9.17, 15) is 9.59 Å². The van der Waals surface area contributed by atoms with Crippen molar-refractivity contribution < 1.29 is 19.1 Å². The molecule has 270 valence electrons. The molecular formula is C38H74N4O4. The first-order chi connectivity index (χ1) is 21.4. The van der Waals surface area contributed by atoms with Crippen molar-refractivity contribution in [2.24, 2.45) is 11.5 Å². The molecule has 2 saturated heterocycles. The lowest BCUT2D eigenvalue weighted by atomic mass is 9.78. The van der Waals surface area contributed by atoms with Crippen LogP contribution >= 0.6 is 0 Å². The minimum atomic E-state index is -0.0563. The number of carbonyl (C=O) groups excluding carboxylic acids is 2. The van der Waals surface area contributed by atoms with E-state index < -0.39 is 0 Å². The van der Waals surface area contributed by atoms with E-state index in [4.69, 9.17) is 20.9 Å². The summed E-state index contributed by atoms with van der Waals surface area (Å²) in [7, 11) is 4.33. The summed E-state index contributed by atoms with van der Waals surface area (Å²) in [6, 6.07) is 0. The molecule has 0 bridgehead atoms. The summed E-state index contributed by atoms with van der Waals surface area (Å²) in [4.78, 5) is 29.6. The molecule has 0 amide bonds. The fourth-order valence-corrected chi connectivity index (χ4v) is 7.17. The van der Waals surface area contributed by atoms with Gasteiger partial charge in [-0.05, 0) is 121 Å². The van der Waals surface area contributed by atoms with Gasteiger partial charge in [0.05, 0.1) is 0 Å². The van der Waals surface area contributed by atoms with Crippen molar-refractivity contribution in [1.82, 2.24) is 9.80 Å². The van der Waals surface area contributed by atoms with Crippen molar-refractivity contribution >= 4 is 11.9 Å². The minimum Gasteiger partial charge on any atom is -0.462 e. The molecule has 0 unspecified atom stereocenters. The molecule has 0 radical (unpaired) electrons. The molecule has 46 heavy (non-hydrogen) atoms. The van der Waals surface area contributed by atoms with Gasteiger partial charge in [0.25, 0.3) is 0 Å². The van der Waals surface area contributed by atoms with Gasteiger partial charge in [-0.3, -0.25) is 19.4 Å². The van der Waals surface area contributed by atoms with E-state index >= 15 is 0 Å². The van der Waals surface area contributed by atoms with Gasteiger partial charge >= 0.3 is 11.9 Å². The maximum Gasteiger partial charge on any atom is 0.306 e. The number of allylic oxidation sites excluding steroid dienone is 2. The number of rotatable bonds is 17. The van der Waals surface area contributed by atoms with Crippen LogP contribution < -0.4 is 11.5 Å². The average molecular weight is 651 g/mol. The lowest BCUT2D eigenvalue weighted by Gasteiger charge is -2.53. The average Bonchev–Trinajstić information content (AvgIpc) is 2.93. The Hall–Kier alpha value is -1.48. The fraction of sp³-hybridized carbons (Fsp3) is 0.895. The zero-order chi connectivity index (χ0) is 35.0. The summed E-state index contributed by atoms with van der Waals surface area (Å²) in [5.74, 6) is -0.113. The molecular weight excluding hydrogens is 576 g/mol. The molecule has 0 spiro atoms. The third kappa shape index (κ3) is 15.6. The topological polar surface area (TPSA) is 111 Å². The summed E-state index contributed by atoms with van der Waals surface area (Å²) in [6.45, 7) is 19.4. The summed E-state index contributed by atoms with van der Waals surface area (Å²) in [5, 5.41) is 0. The molecule has 8 heteroatoms. The van der Waals surface area contributed by atoms with Crippen molar-refractivity contribution in [3.8, 4) is 0 Å². The van der Waals surface area contributed by atoms with Gasteiger partial charge in [0.15, 0.2) is 0 Å². The van der Waals surface area contributed by atoms with Crippen LogP contribution in [0.3, 0.4) is 0 Å². The Morgan fingerprint density at radius 2 is 0.848 bits per heavy atom. The number of unbranched alkanes of at least 4 members (excludes halogenated alkanes) is 7. The predicted octanol–water partition coefficient (Wildman–Crippen LogP) is 7.52. The van der Waals surface area contributed by atoms with Crippen LogP contribution in [0, 0.1) is 0 Å². The van der Waals surface area contributed by atoms with Crippen LogP contribution in [0.2, 0.25) is 0 Å². The summed E-state index contributed by atoms with van der Waals surface area (Å²) < 4.78 is 11.7. The lowest BCUT2D eigenvalue weighted by Crippen LogP contribution is -2.60. The van der Waals surface area contributed by atoms with Crippen molar-refractivity contribution in [2.75, 3.05) is 27.2 Å². The Balaban J connectivity index is 0.000000908. The smallest absolute Gasteiger partial charge is 0.306 e. The summed E-state index contributed by atoms with van der Waals surface area (Å²) in [6.07, 6.45) is 19.3. The fourth-order valence-electron chi connectivity index (χ4n) is 7.17. The first-order valence-electron chi connectivity index (χ1n) is 18.3. The molecule has 0 saturated carbocycles. The molecule has 2 heterocycles. The van der Waals surface area contributed by atoms with Gasteiger partial charge in [0, 0.05) is 60.7 Å². The van der Waals surface area contributed by atoms with Crippen molar-refractivity contribution in [2.45, 2.75) is 192 Å². The Labute approximate surface area is 283 Å². The van der Waals surface area contributed by atoms with Crippen LogP contribution in [0.25, 0.3) is 0 Å². The molecule has 2 fully saturated rings. The van der Waals surface area contributed by atoms with Gasteiger partial charge in [-0.25, -0.2) is 0 Å². The number of likely N-dealkylation sites (tertiary alicyclic amines) is 2. The molecule has 4 N–H and O–H groups in total. The highest BCUT2D eigenvalue weighted by Crippen LogP contribution is 2.39. The molecule has 2 rings (SSSR count). The van der Waals surface area contributed by atoms with E-state index in [0.717, 1.165) is 103 Å². The normalized spacial score (nSPS) is 21.5. The quantitative estimate of drug-likeness (QED) is 0.0945. The standard InChI is InChI=1S/C30H56N2O4.C8H18N2/c1-27(2)19-23(20-28(3,4)31(27)9)35-25(33)17-15-13-11-12-14-16-18-26(34)36-24-21-29(5,6)32(10)30(7,8)22-24;9-7-5-3-1-2-4-6-8-10/h23-24H,11-22H2,1-10H3;1-2H,3-10H2. The largest absolute Gasteiger partial charge is 0.462 e. The Morgan fingerprint density at radius 3 is 1.13 bits per heavy atom. The molecule has 2 aliphatic heterocycles. The third-order valence-electron chi connectivity index (χ3n) is 10.5. The molecule has 2 aliphatic rings. The summed E-state index contributed by atoms with van der Waals surface area (Å²) in [5.41, 5.74) is 10.7. The van der Waals surface area contributed by atoms with Crippen LogP contribution in [0.4, 0.5) is 0 Å². The van der Waals surface area contributed by atoms with Crippen LogP contribution in [-0.2, 0) is 19.1 Å². The maximum absolute atomic E-state index is 12.4. The molecule has 0 aromatic rings. The number of piperidine rings is 2. The van der Waals surface area contributed by atoms with Crippen molar-refractivity contribution in [3.63, 3.8) is 0 Å². The van der Waals surface area contributed by atoms with E-state index in [0.29, 0.717) is 12.8 Å². The van der Waals surface area contributed by atoms with Crippen LogP contribution in [-0.4, -0.2) is 83.3 Å². The van der Waals surface area contributed by atoms with Crippen LogP contribution in [0.1, 0.15) is 158 Å². The van der Waals surface area contributed by atoms with Gasteiger partial charge in [0.2, 0.25) is 0 Å². The second kappa shape index (κ2) is 20.1. The number of hydrogen-bond donors (Lipinski definition) is 2. The monoisotopic (exact) mass is 651 g/mol. The van der Waals surface area contributed by atoms with E-state index in [1.165, 1.54) is 0 Å². The second-order valence-electron chi connectivity index (χ2n) is 16.4. The first-order valence-corrected chi connectivity index (χ1v) is 18.3. The number of nitrogens with two attached hydrogens (primary N) is 2. The SMILES string of the molecule is CN1C(C)(C)CC(OC(=O)CCCCCCCCC(=O)OC2CC(C)(C)N(C)C(C)(C)C2)CC1(C)C.NCCCC=CCCCN. The zero-order valence-corrected chi connectivity index (χ0v) is 31.7. The summed E-state index contributed by atoms with van der Waals surface area (Å²) >= 11 is 0. The lowest BCUT2D eigenvalue weighted by molar-refractivity contribution is -0.160. The number of carbonyl (C=O) groups is 2. The molecule has 0 atom stereocenters. The van der Waals surface area contributed by atoms with Crippen LogP contribution in [0.15, 0.2) is 12.2 Å². The first kappa shape index (κ1) is 42.5. The van der Waals surface area contributed by atoms with E-state index in [2.05, 4.69) is 91.4 Å². The number of hydrogen-bond acceptors (Lipinski definition) is 8. The van der Waals surface area contributed by atoms with Crippen LogP contribution in [0.5, 0.6) is 0 Å². The van der Waals surface area contributed by atoms with Crippen molar-refractivity contribution in [1.29, 1.82) is 0 Å². The molecule has 0 aromatic carbocycles. The van der Waals surface area contributed by atoms with Crippen molar-refractivity contribution in [3.05, 3.63) is 12.2 Å². The highest BCUT2D eigenvalue weighted by Gasteiger charge is 2.45. The highest BCUT2D eigenvalue weighted by atomic mass is 16.5. The number of nitrogens with zero attached hydrogens (tertiary/aromatic N) is 2. The predicted molar refractivity (Wildman–Crippen MR) is 193 cm³/mol. The van der Waals surface area contributed by atoms with Gasteiger partial charge in [0.1, 0.15) is 12.2 Å². The van der Waals surface area contributed by atoms with Gasteiger partial charge in [-0.2, -0.15) is 0 Å². The molecule has 0 aliphatic carbocycles. The van der Waals surface area contributed by atoms with E-state index in [1.54, 1.807) is 0 Å². The Bertz CT molecular complexity index is 806. The zero-order valence-electron chi connectivity index (χ0n) is 31.7.